The molecule has 1 aliphatic rings. The maximum Gasteiger partial charge on any atom is 0.255 e. The van der Waals surface area contributed by atoms with E-state index in [0.717, 1.165) is 30.1 Å². The number of aromatic nitrogens is 2. The Morgan fingerprint density at radius 2 is 2.24 bits per heavy atom. The molecule has 1 unspecified atom stereocenters. The lowest BCUT2D eigenvalue weighted by atomic mass is 10.1. The van der Waals surface area contributed by atoms with Crippen molar-refractivity contribution in [3.63, 3.8) is 0 Å². The number of aryl methyl sites for hydroxylation is 2. The van der Waals surface area contributed by atoms with E-state index in [2.05, 4.69) is 22.4 Å². The Labute approximate surface area is 102 Å². The molecule has 2 N–H and O–H groups in total. The Morgan fingerprint density at radius 3 is 2.71 bits per heavy atom. The lowest BCUT2D eigenvalue weighted by molar-refractivity contribution is 0.0931. The number of hydrogen-bond acceptors (Lipinski definition) is 2. The van der Waals surface area contributed by atoms with Crippen LogP contribution < -0.4 is 5.32 Å². The van der Waals surface area contributed by atoms with Crippen molar-refractivity contribution >= 4 is 5.91 Å². The van der Waals surface area contributed by atoms with E-state index in [9.17, 15) is 4.79 Å². The number of amides is 1. The summed E-state index contributed by atoms with van der Waals surface area (Å²) in [5.41, 5.74) is 2.33. The van der Waals surface area contributed by atoms with E-state index in [-0.39, 0.29) is 5.91 Å². The van der Waals surface area contributed by atoms with Gasteiger partial charge in [0.2, 0.25) is 0 Å². The molecule has 94 valence electrons. The van der Waals surface area contributed by atoms with Gasteiger partial charge in [-0.3, -0.25) is 9.89 Å². The van der Waals surface area contributed by atoms with Gasteiger partial charge in [0.05, 0.1) is 11.3 Å². The lowest BCUT2D eigenvalue weighted by Gasteiger charge is -2.16. The average Bonchev–Trinajstić information content (AvgIpc) is 3.03. The van der Waals surface area contributed by atoms with E-state index >= 15 is 0 Å². The summed E-state index contributed by atoms with van der Waals surface area (Å²) < 4.78 is 0. The molecule has 1 atom stereocenters. The van der Waals surface area contributed by atoms with Crippen LogP contribution >= 0.6 is 0 Å². The molecule has 1 heterocycles. The average molecular weight is 235 g/mol. The summed E-state index contributed by atoms with van der Waals surface area (Å²) in [5, 5.41) is 10.0. The van der Waals surface area contributed by atoms with E-state index < -0.39 is 0 Å². The van der Waals surface area contributed by atoms with Gasteiger partial charge in [-0.15, -0.1) is 0 Å². The van der Waals surface area contributed by atoms with Gasteiger partial charge in [0.15, 0.2) is 0 Å². The molecule has 0 saturated heterocycles. The molecule has 0 bridgehead atoms. The normalized spacial score (nSPS) is 16.9. The fourth-order valence-corrected chi connectivity index (χ4v) is 2.23. The first-order valence-electron chi connectivity index (χ1n) is 6.44. The van der Waals surface area contributed by atoms with Crippen LogP contribution in [0.15, 0.2) is 0 Å². The predicted octanol–water partition coefficient (Wildman–Crippen LogP) is 2.34. The number of nitrogens with one attached hydrogen (secondary N) is 2. The van der Waals surface area contributed by atoms with Crippen LogP contribution in [-0.4, -0.2) is 22.1 Å². The summed E-state index contributed by atoms with van der Waals surface area (Å²) in [5.74, 6) is 0.855. The largest absolute Gasteiger partial charge is 0.349 e. The first-order chi connectivity index (χ1) is 8.11. The van der Waals surface area contributed by atoms with E-state index in [0.29, 0.717) is 11.6 Å². The molecule has 1 aromatic rings. The number of hydrogen-bond donors (Lipinski definition) is 2. The Balaban J connectivity index is 1.99. The second-order valence-corrected chi connectivity index (χ2v) is 5.07. The molecule has 1 saturated carbocycles. The maximum absolute atomic E-state index is 12.1. The van der Waals surface area contributed by atoms with Gasteiger partial charge in [0, 0.05) is 11.7 Å². The van der Waals surface area contributed by atoms with Gasteiger partial charge >= 0.3 is 0 Å². The monoisotopic (exact) mass is 235 g/mol. The SMILES string of the molecule is CCC(CC1CC1)NC(=O)c1c(C)n[nH]c1C. The van der Waals surface area contributed by atoms with Crippen molar-refractivity contribution in [3.8, 4) is 0 Å². The highest BCUT2D eigenvalue weighted by Crippen LogP contribution is 2.34. The molecule has 4 heteroatoms. The van der Waals surface area contributed by atoms with Crippen LogP contribution in [0.4, 0.5) is 0 Å². The second-order valence-electron chi connectivity index (χ2n) is 5.07. The number of nitrogens with zero attached hydrogens (tertiary/aromatic N) is 1. The minimum absolute atomic E-state index is 0.0150. The van der Waals surface area contributed by atoms with Gasteiger partial charge < -0.3 is 5.32 Å². The molecule has 17 heavy (non-hydrogen) atoms. The fraction of sp³-hybridized carbons (Fsp3) is 0.692. The third kappa shape index (κ3) is 2.87. The Hall–Kier alpha value is -1.32. The second kappa shape index (κ2) is 4.90. The highest BCUT2D eigenvalue weighted by atomic mass is 16.1. The van der Waals surface area contributed by atoms with Gasteiger partial charge in [-0.2, -0.15) is 5.10 Å². The van der Waals surface area contributed by atoms with Gasteiger partial charge in [0.25, 0.3) is 5.91 Å². The van der Waals surface area contributed by atoms with Gasteiger partial charge in [-0.05, 0) is 32.6 Å². The van der Waals surface area contributed by atoms with Crippen molar-refractivity contribution in [1.29, 1.82) is 0 Å². The third-order valence-corrected chi connectivity index (χ3v) is 3.50. The predicted molar refractivity (Wildman–Crippen MR) is 66.9 cm³/mol. The van der Waals surface area contributed by atoms with Crippen LogP contribution in [0.2, 0.25) is 0 Å². The highest BCUT2D eigenvalue weighted by Gasteiger charge is 2.26. The van der Waals surface area contributed by atoms with Gasteiger partial charge in [-0.25, -0.2) is 0 Å². The highest BCUT2D eigenvalue weighted by molar-refractivity contribution is 5.96. The van der Waals surface area contributed by atoms with E-state index in [1.807, 2.05) is 13.8 Å². The van der Waals surface area contributed by atoms with Crippen molar-refractivity contribution in [2.45, 2.75) is 52.5 Å². The van der Waals surface area contributed by atoms with E-state index in [4.69, 9.17) is 0 Å². The van der Waals surface area contributed by atoms with Crippen molar-refractivity contribution < 1.29 is 4.79 Å². The molecule has 0 radical (unpaired) electrons. The zero-order valence-electron chi connectivity index (χ0n) is 10.8. The van der Waals surface area contributed by atoms with Crippen LogP contribution in [-0.2, 0) is 0 Å². The number of carbonyl (C=O) groups is 1. The number of carbonyl (C=O) groups excluding carboxylic acids is 1. The zero-order chi connectivity index (χ0) is 12.4. The van der Waals surface area contributed by atoms with Crippen LogP contribution in [0.5, 0.6) is 0 Å². The van der Waals surface area contributed by atoms with Gasteiger partial charge in [-0.1, -0.05) is 19.8 Å². The maximum atomic E-state index is 12.1. The van der Waals surface area contributed by atoms with Crippen molar-refractivity contribution in [3.05, 3.63) is 17.0 Å². The number of H-pyrrole nitrogens is 1. The zero-order valence-corrected chi connectivity index (χ0v) is 10.8. The van der Waals surface area contributed by atoms with Crippen LogP contribution in [0.3, 0.4) is 0 Å². The minimum atomic E-state index is 0.0150. The summed E-state index contributed by atoms with van der Waals surface area (Å²) in [7, 11) is 0. The Kier molecular flexibility index (Phi) is 3.50. The Morgan fingerprint density at radius 1 is 1.53 bits per heavy atom. The van der Waals surface area contributed by atoms with Crippen LogP contribution in [0.25, 0.3) is 0 Å². The number of rotatable bonds is 5. The molecule has 1 aliphatic carbocycles. The quantitative estimate of drug-likeness (QED) is 0.823. The molecule has 0 aromatic carbocycles. The molecule has 2 rings (SSSR count). The molecular formula is C13H21N3O. The fourth-order valence-electron chi connectivity index (χ4n) is 2.23. The summed E-state index contributed by atoms with van der Waals surface area (Å²) >= 11 is 0. The molecule has 1 amide bonds. The lowest BCUT2D eigenvalue weighted by Crippen LogP contribution is -2.35. The van der Waals surface area contributed by atoms with Crippen molar-refractivity contribution in [2.24, 2.45) is 5.92 Å². The molecule has 1 aromatic heterocycles. The van der Waals surface area contributed by atoms with Crippen molar-refractivity contribution in [2.75, 3.05) is 0 Å². The summed E-state index contributed by atoms with van der Waals surface area (Å²) in [4.78, 5) is 12.1. The van der Waals surface area contributed by atoms with Crippen LogP contribution in [0.1, 0.15) is 54.4 Å². The summed E-state index contributed by atoms with van der Waals surface area (Å²) in [6.45, 7) is 5.87. The molecule has 1 fully saturated rings. The first-order valence-corrected chi connectivity index (χ1v) is 6.44. The van der Waals surface area contributed by atoms with Crippen LogP contribution in [0, 0.1) is 19.8 Å². The molecular weight excluding hydrogens is 214 g/mol. The third-order valence-electron chi connectivity index (χ3n) is 3.50. The standard InChI is InChI=1S/C13H21N3O/c1-4-11(7-10-5-6-10)14-13(17)12-8(2)15-16-9(12)3/h10-11H,4-7H2,1-3H3,(H,14,17)(H,15,16). The smallest absolute Gasteiger partial charge is 0.255 e. The van der Waals surface area contributed by atoms with Crippen molar-refractivity contribution in [1.82, 2.24) is 15.5 Å². The summed E-state index contributed by atoms with van der Waals surface area (Å²) in [6, 6.07) is 0.309. The topological polar surface area (TPSA) is 57.8 Å². The molecule has 4 nitrogen and oxygen atoms in total. The van der Waals surface area contributed by atoms with Gasteiger partial charge in [0.1, 0.15) is 0 Å². The van der Waals surface area contributed by atoms with E-state index in [1.54, 1.807) is 0 Å². The number of aromatic amines is 1. The Bertz CT molecular complexity index is 387. The molecule has 0 spiro atoms. The van der Waals surface area contributed by atoms with E-state index in [1.165, 1.54) is 12.8 Å². The summed E-state index contributed by atoms with van der Waals surface area (Å²) in [6.07, 6.45) is 4.78. The molecule has 0 aliphatic heterocycles. The first kappa shape index (κ1) is 12.1. The minimum Gasteiger partial charge on any atom is -0.349 e.